The normalized spacial score (nSPS) is 18.2. The number of carbonyl (C=O) groups is 5. The molecule has 5 atom stereocenters. The highest BCUT2D eigenvalue weighted by molar-refractivity contribution is 5.94. The molecule has 0 spiro atoms. The van der Waals surface area contributed by atoms with Crippen LogP contribution in [0, 0.1) is 17.8 Å². The Morgan fingerprint density at radius 2 is 1.47 bits per heavy atom. The van der Waals surface area contributed by atoms with Gasteiger partial charge in [-0.25, -0.2) is 9.59 Å². The van der Waals surface area contributed by atoms with Crippen molar-refractivity contribution in [2.24, 2.45) is 17.8 Å². The van der Waals surface area contributed by atoms with Gasteiger partial charge in [0.25, 0.3) is 0 Å². The molecule has 0 saturated heterocycles. The molecule has 1 aromatic rings. The lowest BCUT2D eigenvalue weighted by Gasteiger charge is -2.32. The Kier molecular flexibility index (Phi) is 13.6. The van der Waals surface area contributed by atoms with Gasteiger partial charge < -0.3 is 30.3 Å². The Bertz CT molecular complexity index is 1220. The predicted molar refractivity (Wildman–Crippen MR) is 172 cm³/mol. The molecule has 3 N–H and O–H groups in total. The van der Waals surface area contributed by atoms with Gasteiger partial charge in [0.2, 0.25) is 17.7 Å². The largest absolute Gasteiger partial charge is 0.467 e. The number of nitrogens with one attached hydrogen (secondary N) is 3. The molecule has 1 aliphatic rings. The van der Waals surface area contributed by atoms with Crippen molar-refractivity contribution in [3.05, 3.63) is 47.5 Å². The molecule has 3 unspecified atom stereocenters. The average Bonchev–Trinajstić information content (AvgIpc) is 3.11. The van der Waals surface area contributed by atoms with Crippen LogP contribution in [0.4, 0.5) is 4.79 Å². The summed E-state index contributed by atoms with van der Waals surface area (Å²) in [7, 11) is 1.26. The van der Waals surface area contributed by atoms with E-state index in [1.807, 2.05) is 43.3 Å². The fourth-order valence-electron chi connectivity index (χ4n) is 5.14. The van der Waals surface area contributed by atoms with Gasteiger partial charge in [-0.1, -0.05) is 64.1 Å². The fourth-order valence-corrected chi connectivity index (χ4v) is 5.14. The van der Waals surface area contributed by atoms with Crippen LogP contribution in [0.1, 0.15) is 74.3 Å². The second-order valence-electron chi connectivity index (χ2n) is 13.3. The van der Waals surface area contributed by atoms with E-state index >= 15 is 0 Å². The summed E-state index contributed by atoms with van der Waals surface area (Å²) < 4.78 is 10.3. The van der Waals surface area contributed by atoms with Crippen LogP contribution in [0.25, 0.3) is 0 Å². The van der Waals surface area contributed by atoms with Crippen molar-refractivity contribution in [3.63, 3.8) is 0 Å². The summed E-state index contributed by atoms with van der Waals surface area (Å²) in [6, 6.07) is 6.48. The van der Waals surface area contributed by atoms with Crippen LogP contribution in [-0.2, 0) is 35.1 Å². The summed E-state index contributed by atoms with van der Waals surface area (Å²) in [5.74, 6) is -2.91. The molecule has 0 aromatic heterocycles. The van der Waals surface area contributed by atoms with Crippen LogP contribution >= 0.6 is 0 Å². The maximum absolute atomic E-state index is 14.0. The summed E-state index contributed by atoms with van der Waals surface area (Å²) in [5.41, 5.74) is 1.15. The summed E-state index contributed by atoms with van der Waals surface area (Å²) in [5, 5.41) is 8.40. The van der Waals surface area contributed by atoms with Crippen LogP contribution < -0.4 is 16.0 Å². The molecule has 11 nitrogen and oxygen atoms in total. The van der Waals surface area contributed by atoms with Crippen LogP contribution in [0.2, 0.25) is 0 Å². The molecule has 250 valence electrons. The Morgan fingerprint density at radius 3 is 2.00 bits per heavy atom. The number of hydrogen-bond acceptors (Lipinski definition) is 7. The number of nitrogens with zero attached hydrogens (tertiary/aromatic N) is 1. The monoisotopic (exact) mass is 628 g/mol. The number of benzene rings is 1. The van der Waals surface area contributed by atoms with Gasteiger partial charge in [-0.2, -0.15) is 0 Å². The van der Waals surface area contributed by atoms with E-state index in [2.05, 4.69) is 16.0 Å². The smallest absolute Gasteiger partial charge is 0.408 e. The molecule has 1 aromatic carbocycles. The minimum atomic E-state index is -0.945. The summed E-state index contributed by atoms with van der Waals surface area (Å²) in [6.07, 6.45) is 2.18. The highest BCUT2D eigenvalue weighted by atomic mass is 16.6. The van der Waals surface area contributed by atoms with Gasteiger partial charge in [0, 0.05) is 6.54 Å². The topological polar surface area (TPSA) is 143 Å². The molecule has 0 bridgehead atoms. The second-order valence-corrected chi connectivity index (χ2v) is 13.3. The van der Waals surface area contributed by atoms with E-state index in [1.165, 1.54) is 12.0 Å². The third-order valence-electron chi connectivity index (χ3n) is 7.76. The number of carbonyl (C=O) groups excluding carboxylic acids is 5. The van der Waals surface area contributed by atoms with Crippen molar-refractivity contribution in [1.29, 1.82) is 0 Å². The first-order chi connectivity index (χ1) is 20.9. The first kappa shape index (κ1) is 37.3. The van der Waals surface area contributed by atoms with E-state index in [4.69, 9.17) is 9.47 Å². The van der Waals surface area contributed by atoms with Crippen LogP contribution in [-0.4, -0.2) is 78.1 Å². The number of methoxy groups -OCH3 is 1. The maximum atomic E-state index is 14.0. The van der Waals surface area contributed by atoms with E-state index in [-0.39, 0.29) is 24.3 Å². The van der Waals surface area contributed by atoms with Crippen molar-refractivity contribution in [1.82, 2.24) is 20.9 Å². The Balaban J connectivity index is 2.29. The zero-order valence-corrected chi connectivity index (χ0v) is 28.4. The van der Waals surface area contributed by atoms with Crippen molar-refractivity contribution in [3.8, 4) is 0 Å². The van der Waals surface area contributed by atoms with E-state index in [0.29, 0.717) is 12.8 Å². The van der Waals surface area contributed by atoms with Crippen molar-refractivity contribution in [2.45, 2.75) is 105 Å². The first-order valence-electron chi connectivity index (χ1n) is 15.7. The van der Waals surface area contributed by atoms with E-state index in [0.717, 1.165) is 11.1 Å². The van der Waals surface area contributed by atoms with E-state index < -0.39 is 59.6 Å². The number of alkyl carbamates (subject to hydrolysis) is 1. The fraction of sp³-hybridized carbons (Fsp3) is 0.618. The molecular formula is C34H52N4O7. The average molecular weight is 629 g/mol. The molecule has 1 aliphatic heterocycles. The Hall–Kier alpha value is -3.89. The van der Waals surface area contributed by atoms with Gasteiger partial charge in [-0.15, -0.1) is 0 Å². The molecule has 0 radical (unpaired) electrons. The van der Waals surface area contributed by atoms with Gasteiger partial charge in [-0.05, 0) is 70.4 Å². The second kappa shape index (κ2) is 16.4. The zero-order chi connectivity index (χ0) is 34.1. The zero-order valence-electron chi connectivity index (χ0n) is 28.4. The summed E-state index contributed by atoms with van der Waals surface area (Å²) in [4.78, 5) is 67.2. The van der Waals surface area contributed by atoms with Gasteiger partial charge in [0.05, 0.1) is 19.1 Å². The number of amides is 4. The lowest BCUT2D eigenvalue weighted by atomic mass is 9.94. The van der Waals surface area contributed by atoms with Crippen LogP contribution in [0.15, 0.2) is 42.0 Å². The highest BCUT2D eigenvalue weighted by Gasteiger charge is 2.36. The van der Waals surface area contributed by atoms with Gasteiger partial charge in [0.1, 0.15) is 23.7 Å². The van der Waals surface area contributed by atoms with Crippen molar-refractivity contribution in [2.75, 3.05) is 13.7 Å². The molecular weight excluding hydrogens is 576 g/mol. The van der Waals surface area contributed by atoms with Crippen LogP contribution in [0.3, 0.4) is 0 Å². The van der Waals surface area contributed by atoms with Crippen molar-refractivity contribution < 1.29 is 33.4 Å². The van der Waals surface area contributed by atoms with Gasteiger partial charge in [-0.3, -0.25) is 14.4 Å². The van der Waals surface area contributed by atoms with E-state index in [9.17, 15) is 24.0 Å². The SMILES string of the molecule is COC(=O)[C@@H](NC(=O)[C@@H](NC(=O)C(C)N1CCC(C(C)NC(=O)OC(C)(C)C)=CC(Cc2ccccc2)C1=O)C(C)C)C(C)C. The summed E-state index contributed by atoms with van der Waals surface area (Å²) >= 11 is 0. The molecule has 0 aliphatic carbocycles. The predicted octanol–water partition coefficient (Wildman–Crippen LogP) is 3.76. The molecule has 11 heteroatoms. The maximum Gasteiger partial charge on any atom is 0.408 e. The lowest BCUT2D eigenvalue weighted by molar-refractivity contribution is -0.147. The number of ether oxygens (including phenoxy) is 2. The first-order valence-corrected chi connectivity index (χ1v) is 15.7. The van der Waals surface area contributed by atoms with Crippen LogP contribution in [0.5, 0.6) is 0 Å². The van der Waals surface area contributed by atoms with Crippen molar-refractivity contribution >= 4 is 29.8 Å². The Labute approximate surface area is 267 Å². The van der Waals surface area contributed by atoms with Gasteiger partial charge in [0.15, 0.2) is 0 Å². The molecule has 0 fully saturated rings. The molecule has 45 heavy (non-hydrogen) atoms. The third-order valence-corrected chi connectivity index (χ3v) is 7.76. The van der Waals surface area contributed by atoms with E-state index in [1.54, 1.807) is 55.4 Å². The minimum absolute atomic E-state index is 0.225. The number of rotatable bonds is 12. The minimum Gasteiger partial charge on any atom is -0.467 e. The summed E-state index contributed by atoms with van der Waals surface area (Å²) in [6.45, 7) is 16.2. The quantitative estimate of drug-likeness (QED) is 0.236. The number of esters is 1. The highest BCUT2D eigenvalue weighted by Crippen LogP contribution is 2.25. The number of hydrogen-bond donors (Lipinski definition) is 3. The lowest BCUT2D eigenvalue weighted by Crippen LogP contribution is -2.58. The van der Waals surface area contributed by atoms with Gasteiger partial charge >= 0.3 is 12.1 Å². The Morgan fingerprint density at radius 1 is 0.889 bits per heavy atom. The molecule has 0 saturated carbocycles. The third kappa shape index (κ3) is 11.2. The molecule has 1 heterocycles. The molecule has 2 rings (SSSR count). The standard InChI is InChI=1S/C34H52N4O7/c1-20(2)27(30(40)37-28(21(3)4)32(42)44-10)36-29(39)23(6)38-17-16-25(22(5)35-33(43)45-34(7,8)9)19-26(31(38)41)18-24-14-12-11-13-15-24/h11-15,19-23,26-28H,16-18H2,1-10H3,(H,35,43)(H,36,39)(H,37,40)/t22?,23?,26?,27-,28-/m0/s1. The molecule has 4 amide bonds.